The van der Waals surface area contributed by atoms with Gasteiger partial charge in [0.2, 0.25) is 0 Å². The fourth-order valence-corrected chi connectivity index (χ4v) is 2.46. The van der Waals surface area contributed by atoms with Crippen LogP contribution in [0, 0.1) is 16.1 Å². The molecule has 19 heavy (non-hydrogen) atoms. The summed E-state index contributed by atoms with van der Waals surface area (Å²) in [6.07, 6.45) is 3.38. The fourth-order valence-electron chi connectivity index (χ4n) is 1.95. The Morgan fingerprint density at radius 2 is 2.21 bits per heavy atom. The van der Waals surface area contributed by atoms with Crippen molar-refractivity contribution in [3.63, 3.8) is 0 Å². The van der Waals surface area contributed by atoms with Gasteiger partial charge in [-0.05, 0) is 36.5 Å². The smallest absolute Gasteiger partial charge is 0.182 e. The maximum atomic E-state index is 8.99. The summed E-state index contributed by atoms with van der Waals surface area (Å²) in [6.45, 7) is 0. The fraction of sp³-hybridized carbons (Fsp3) is 0. The van der Waals surface area contributed by atoms with Crippen molar-refractivity contribution in [1.82, 2.24) is 14.5 Å². The number of benzene rings is 1. The molecule has 0 unspecified atom stereocenters. The van der Waals surface area contributed by atoms with E-state index < -0.39 is 0 Å². The molecule has 0 aliphatic carbocycles. The number of H-pyrrole nitrogens is 1. The first-order chi connectivity index (χ1) is 9.20. The van der Waals surface area contributed by atoms with Crippen LogP contribution in [0.15, 0.2) is 36.7 Å². The van der Waals surface area contributed by atoms with Crippen molar-refractivity contribution in [2.45, 2.75) is 0 Å². The zero-order valence-corrected chi connectivity index (χ0v) is 11.2. The highest BCUT2D eigenvalue weighted by Gasteiger charge is 2.10. The summed E-state index contributed by atoms with van der Waals surface area (Å²) in [4.78, 5) is 7.10. The van der Waals surface area contributed by atoms with E-state index in [1.54, 1.807) is 35.2 Å². The standard InChI is InChI=1S/C13H7ClN4S/c14-9-2-1-8(6-15)5-12(9)18-11-3-4-16-7-10(11)17-13(18)19/h1-5,7H,(H,17,19). The van der Waals surface area contributed by atoms with Crippen molar-refractivity contribution in [3.05, 3.63) is 52.0 Å². The molecule has 0 fully saturated rings. The molecule has 92 valence electrons. The van der Waals surface area contributed by atoms with Gasteiger partial charge >= 0.3 is 0 Å². The number of halogens is 1. The predicted molar refractivity (Wildman–Crippen MR) is 76.0 cm³/mol. The lowest BCUT2D eigenvalue weighted by atomic mass is 10.2. The SMILES string of the molecule is N#Cc1ccc(Cl)c(-n2c(=S)[nH]c3cnccc32)c1. The second-order valence-electron chi connectivity index (χ2n) is 3.94. The number of hydrogen-bond acceptors (Lipinski definition) is 3. The number of nitrogens with zero attached hydrogens (tertiary/aromatic N) is 3. The van der Waals surface area contributed by atoms with Gasteiger partial charge in [0, 0.05) is 6.20 Å². The summed E-state index contributed by atoms with van der Waals surface area (Å²) >= 11 is 11.5. The van der Waals surface area contributed by atoms with E-state index in [1.807, 2.05) is 6.07 Å². The second-order valence-corrected chi connectivity index (χ2v) is 4.73. The summed E-state index contributed by atoms with van der Waals surface area (Å²) in [6, 6.07) is 9.02. The number of nitriles is 1. The Balaban J connectivity index is 2.40. The zero-order chi connectivity index (χ0) is 13.4. The van der Waals surface area contributed by atoms with Gasteiger partial charge in [-0.15, -0.1) is 0 Å². The largest absolute Gasteiger partial charge is 0.329 e. The van der Waals surface area contributed by atoms with E-state index in [2.05, 4.69) is 16.0 Å². The second kappa shape index (κ2) is 4.50. The third kappa shape index (κ3) is 1.91. The summed E-state index contributed by atoms with van der Waals surface area (Å²) in [5.74, 6) is 0. The van der Waals surface area contributed by atoms with Crippen LogP contribution in [0.3, 0.4) is 0 Å². The molecule has 1 aromatic carbocycles. The van der Waals surface area contributed by atoms with E-state index >= 15 is 0 Å². The lowest BCUT2D eigenvalue weighted by Crippen LogP contribution is -1.96. The third-order valence-electron chi connectivity index (χ3n) is 2.80. The minimum absolute atomic E-state index is 0.514. The zero-order valence-electron chi connectivity index (χ0n) is 9.59. The highest BCUT2D eigenvalue weighted by molar-refractivity contribution is 7.71. The van der Waals surface area contributed by atoms with Crippen LogP contribution in [-0.2, 0) is 0 Å². The maximum Gasteiger partial charge on any atom is 0.182 e. The molecule has 2 heterocycles. The molecule has 0 aliphatic rings. The molecule has 0 aliphatic heterocycles. The van der Waals surface area contributed by atoms with Gasteiger partial charge in [-0.3, -0.25) is 9.55 Å². The van der Waals surface area contributed by atoms with Gasteiger partial charge in [-0.25, -0.2) is 0 Å². The van der Waals surface area contributed by atoms with Crippen molar-refractivity contribution in [2.75, 3.05) is 0 Å². The molecule has 0 amide bonds. The van der Waals surface area contributed by atoms with Crippen molar-refractivity contribution in [1.29, 1.82) is 5.26 Å². The lowest BCUT2D eigenvalue weighted by Gasteiger charge is -2.07. The van der Waals surface area contributed by atoms with Gasteiger partial charge in [-0.2, -0.15) is 5.26 Å². The number of hydrogen-bond donors (Lipinski definition) is 1. The number of rotatable bonds is 1. The molecule has 2 aromatic heterocycles. The Hall–Kier alpha value is -2.16. The molecule has 6 heteroatoms. The normalized spacial score (nSPS) is 10.5. The highest BCUT2D eigenvalue weighted by Crippen LogP contribution is 2.26. The van der Waals surface area contributed by atoms with Crippen molar-refractivity contribution >= 4 is 34.9 Å². The average Bonchev–Trinajstić information content (AvgIpc) is 2.75. The first-order valence-corrected chi connectivity index (χ1v) is 6.24. The van der Waals surface area contributed by atoms with Gasteiger partial charge in [-0.1, -0.05) is 11.6 Å². The molecule has 3 rings (SSSR count). The van der Waals surface area contributed by atoms with Gasteiger partial charge in [0.15, 0.2) is 4.77 Å². The topological polar surface area (TPSA) is 57.4 Å². The van der Waals surface area contributed by atoms with Crippen molar-refractivity contribution in [3.8, 4) is 11.8 Å². The Morgan fingerprint density at radius 3 is 3.00 bits per heavy atom. The van der Waals surface area contributed by atoms with Gasteiger partial charge in [0.25, 0.3) is 0 Å². The quantitative estimate of drug-likeness (QED) is 0.695. The highest BCUT2D eigenvalue weighted by atomic mass is 35.5. The Morgan fingerprint density at radius 1 is 1.37 bits per heavy atom. The molecule has 0 spiro atoms. The van der Waals surface area contributed by atoms with Crippen LogP contribution in [0.25, 0.3) is 16.7 Å². The van der Waals surface area contributed by atoms with Crippen molar-refractivity contribution in [2.24, 2.45) is 0 Å². The molecule has 0 radical (unpaired) electrons. The van der Waals surface area contributed by atoms with Crippen LogP contribution in [0.1, 0.15) is 5.56 Å². The molecule has 0 bridgehead atoms. The number of aromatic amines is 1. The maximum absolute atomic E-state index is 8.99. The number of fused-ring (bicyclic) bond motifs is 1. The van der Waals surface area contributed by atoms with Gasteiger partial charge in [0.1, 0.15) is 0 Å². The molecule has 0 atom stereocenters. The molecule has 0 saturated carbocycles. The number of imidazole rings is 1. The van der Waals surface area contributed by atoms with Crippen LogP contribution < -0.4 is 0 Å². The van der Waals surface area contributed by atoms with Gasteiger partial charge in [0.05, 0.1) is 39.6 Å². The summed E-state index contributed by atoms with van der Waals surface area (Å²) in [7, 11) is 0. The van der Waals surface area contributed by atoms with E-state index in [4.69, 9.17) is 29.1 Å². The summed E-state index contributed by atoms with van der Waals surface area (Å²) in [5.41, 5.74) is 2.91. The summed E-state index contributed by atoms with van der Waals surface area (Å²) in [5, 5.41) is 9.52. The van der Waals surface area contributed by atoms with E-state index in [-0.39, 0.29) is 0 Å². The molecule has 3 aromatic rings. The first-order valence-electron chi connectivity index (χ1n) is 5.45. The molecule has 4 nitrogen and oxygen atoms in total. The Kier molecular flexibility index (Phi) is 2.82. The lowest BCUT2D eigenvalue weighted by molar-refractivity contribution is 1.06. The van der Waals surface area contributed by atoms with Crippen molar-refractivity contribution < 1.29 is 0 Å². The number of nitrogens with one attached hydrogen (secondary N) is 1. The Bertz CT molecular complexity index is 872. The molecular weight excluding hydrogens is 280 g/mol. The van der Waals surface area contributed by atoms with E-state index in [0.717, 1.165) is 11.0 Å². The minimum atomic E-state index is 0.514. The predicted octanol–water partition coefficient (Wildman–Crippen LogP) is 3.61. The molecule has 1 N–H and O–H groups in total. The van der Waals surface area contributed by atoms with Crippen LogP contribution in [0.5, 0.6) is 0 Å². The Labute approximate surface area is 118 Å². The van der Waals surface area contributed by atoms with Gasteiger partial charge < -0.3 is 4.98 Å². The molecule has 0 saturated heterocycles. The van der Waals surface area contributed by atoms with Crippen LogP contribution >= 0.6 is 23.8 Å². The minimum Gasteiger partial charge on any atom is -0.329 e. The van der Waals surface area contributed by atoms with E-state index in [9.17, 15) is 0 Å². The number of pyridine rings is 1. The first kappa shape index (κ1) is 11.9. The van der Waals surface area contributed by atoms with Crippen LogP contribution in [0.2, 0.25) is 5.02 Å². The number of aromatic nitrogens is 3. The monoisotopic (exact) mass is 286 g/mol. The molecular formula is C13H7ClN4S. The van der Waals surface area contributed by atoms with Crippen LogP contribution in [-0.4, -0.2) is 14.5 Å². The summed E-state index contributed by atoms with van der Waals surface area (Å²) < 4.78 is 2.31. The average molecular weight is 287 g/mol. The third-order valence-corrected chi connectivity index (χ3v) is 3.40. The van der Waals surface area contributed by atoms with E-state index in [0.29, 0.717) is 21.0 Å². The van der Waals surface area contributed by atoms with Crippen LogP contribution in [0.4, 0.5) is 0 Å². The van der Waals surface area contributed by atoms with E-state index in [1.165, 1.54) is 0 Å².